The highest BCUT2D eigenvalue weighted by Crippen LogP contribution is 2.32. The molecule has 0 radical (unpaired) electrons. The van der Waals surface area contributed by atoms with Crippen LogP contribution in [0.25, 0.3) is 10.2 Å². The van der Waals surface area contributed by atoms with Crippen molar-refractivity contribution in [3.8, 4) is 5.75 Å². The molecule has 4 heterocycles. The number of aromatic hydroxyl groups is 1. The molecule has 1 spiro atoms. The number of nitrogens with one attached hydrogen (secondary N) is 2. The molecular weight excluding hydrogens is 599 g/mol. The maximum Gasteiger partial charge on any atom is 0.305 e. The molecule has 2 aromatic heterocycles. The zero-order valence-electron chi connectivity index (χ0n) is 25.3. The number of aryl methyl sites for hydroxylation is 1. The first kappa shape index (κ1) is 31.4. The maximum atomic E-state index is 14.6. The summed E-state index contributed by atoms with van der Waals surface area (Å²) >= 11 is 0.953. The molecule has 13 heteroatoms. The molecule has 11 nitrogen and oxygen atoms in total. The van der Waals surface area contributed by atoms with Crippen LogP contribution in [0, 0.1) is 12.7 Å². The molecular formula is C32H39FN6O5S. The number of phenolic OH excluding ortho intramolecular Hbond substituents is 1. The predicted octanol–water partition coefficient (Wildman–Crippen LogP) is 2.70. The number of nitrogens with zero attached hydrogens (tertiary/aromatic N) is 4. The lowest BCUT2D eigenvalue weighted by atomic mass is 9.89. The van der Waals surface area contributed by atoms with Gasteiger partial charge in [0.05, 0.1) is 28.7 Å². The van der Waals surface area contributed by atoms with Gasteiger partial charge in [0.15, 0.2) is 0 Å². The molecule has 2 aliphatic rings. The fourth-order valence-electron chi connectivity index (χ4n) is 6.36. The Hall–Kier alpha value is -3.62. The molecule has 4 aromatic rings. The number of carbonyl (C=O) groups excluding carboxylic acids is 1. The number of ether oxygens (including phenoxy) is 1. The normalized spacial score (nSPS) is 17.7. The number of hydrogen-bond donors (Lipinski definition) is 4. The van der Waals surface area contributed by atoms with E-state index in [1.54, 1.807) is 22.9 Å². The van der Waals surface area contributed by atoms with Crippen LogP contribution in [-0.4, -0.2) is 92.2 Å². The van der Waals surface area contributed by atoms with Gasteiger partial charge in [-0.2, -0.15) is 5.10 Å². The van der Waals surface area contributed by atoms with E-state index >= 15 is 0 Å². The first-order valence-electron chi connectivity index (χ1n) is 15.3. The fourth-order valence-corrected chi connectivity index (χ4v) is 7.28. The number of rotatable bonds is 10. The number of phenols is 1. The smallest absolute Gasteiger partial charge is 0.305 e. The van der Waals surface area contributed by atoms with Gasteiger partial charge in [-0.3, -0.25) is 19.2 Å². The molecule has 6 rings (SSSR count). The van der Waals surface area contributed by atoms with Crippen LogP contribution < -0.4 is 10.2 Å². The van der Waals surface area contributed by atoms with E-state index in [9.17, 15) is 24.2 Å². The third kappa shape index (κ3) is 7.45. The van der Waals surface area contributed by atoms with Gasteiger partial charge in [-0.05, 0) is 68.1 Å². The largest absolute Gasteiger partial charge is 0.506 e. The van der Waals surface area contributed by atoms with Crippen LogP contribution in [0.2, 0.25) is 0 Å². The van der Waals surface area contributed by atoms with Crippen LogP contribution in [0.3, 0.4) is 0 Å². The van der Waals surface area contributed by atoms with Crippen LogP contribution >= 0.6 is 11.3 Å². The van der Waals surface area contributed by atoms with Gasteiger partial charge in [-0.25, -0.2) is 4.39 Å². The van der Waals surface area contributed by atoms with Crippen molar-refractivity contribution in [2.24, 2.45) is 0 Å². The Morgan fingerprint density at radius 2 is 2.00 bits per heavy atom. The Morgan fingerprint density at radius 1 is 1.20 bits per heavy atom. The number of aromatic amines is 1. The van der Waals surface area contributed by atoms with Crippen LogP contribution in [-0.2, 0) is 29.0 Å². The number of hydrogen-bond acceptors (Lipinski definition) is 9. The summed E-state index contributed by atoms with van der Waals surface area (Å²) in [6.07, 6.45) is 3.15. The highest BCUT2D eigenvalue weighted by Gasteiger charge is 2.41. The van der Waals surface area contributed by atoms with Gasteiger partial charge in [0.2, 0.25) is 5.91 Å². The Labute approximate surface area is 264 Å². The van der Waals surface area contributed by atoms with E-state index in [1.807, 2.05) is 30.2 Å². The first-order chi connectivity index (χ1) is 21.7. The number of carbonyl (C=O) groups is 1. The number of amides is 1. The second kappa shape index (κ2) is 13.4. The molecule has 0 saturated carbocycles. The molecule has 240 valence electrons. The topological polar surface area (TPSA) is 136 Å². The lowest BCUT2D eigenvalue weighted by molar-refractivity contribution is -0.160. The van der Waals surface area contributed by atoms with Crippen molar-refractivity contribution >= 4 is 27.5 Å². The average Bonchev–Trinajstić information content (AvgIpc) is 3.61. The third-order valence-electron chi connectivity index (χ3n) is 8.74. The summed E-state index contributed by atoms with van der Waals surface area (Å²) in [4.78, 5) is 31.2. The van der Waals surface area contributed by atoms with Crippen LogP contribution in [0.5, 0.6) is 5.75 Å². The number of aromatic nitrogens is 3. The zero-order valence-corrected chi connectivity index (χ0v) is 26.1. The number of fused-ring (bicyclic) bond motifs is 1. The van der Waals surface area contributed by atoms with Crippen molar-refractivity contribution in [3.05, 3.63) is 80.5 Å². The molecule has 1 amide bonds. The lowest BCUT2D eigenvalue weighted by Crippen LogP contribution is -2.58. The van der Waals surface area contributed by atoms with Gasteiger partial charge in [-0.15, -0.1) is 0 Å². The first-order valence-corrected chi connectivity index (χ1v) is 16.1. The quantitative estimate of drug-likeness (QED) is 0.195. The Kier molecular flexibility index (Phi) is 9.33. The zero-order chi connectivity index (χ0) is 31.6. The Morgan fingerprint density at radius 3 is 2.78 bits per heavy atom. The molecule has 0 bridgehead atoms. The standard InChI is InChI=1S/C32H39FN6O5S/c1-21-5-9-39(36-21)19-28(42)38-12-13-44-32(20-38)6-10-37(11-7-32)18-23-14-22(15-24(33)16-23)4-8-34-17-27(41)25-2-3-26(40)29-30(25)45-31(43)35-29/h2-3,5,9,14-16,27,34,40-41H,4,6-8,10-13,17-20H2,1H3,(H,35,43). The van der Waals surface area contributed by atoms with Gasteiger partial charge >= 0.3 is 4.87 Å². The van der Waals surface area contributed by atoms with Crippen molar-refractivity contribution in [1.82, 2.24) is 29.9 Å². The highest BCUT2D eigenvalue weighted by atomic mass is 32.1. The van der Waals surface area contributed by atoms with E-state index in [2.05, 4.69) is 20.3 Å². The van der Waals surface area contributed by atoms with E-state index in [0.717, 1.165) is 54.1 Å². The number of aliphatic hydroxyl groups excluding tert-OH is 1. The lowest BCUT2D eigenvalue weighted by Gasteiger charge is -2.47. The van der Waals surface area contributed by atoms with Gasteiger partial charge in [0, 0.05) is 51.0 Å². The maximum absolute atomic E-state index is 14.6. The Bertz CT molecular complexity index is 1710. The third-order valence-corrected chi connectivity index (χ3v) is 9.67. The SMILES string of the molecule is Cc1ccn(CC(=O)N2CCOC3(CCN(Cc4cc(F)cc(CCNCC(O)c5ccc(O)c6[nH]c(=O)sc56)c4)CC3)C2)n1. The van der Waals surface area contributed by atoms with Gasteiger partial charge in [-0.1, -0.05) is 23.5 Å². The summed E-state index contributed by atoms with van der Waals surface area (Å²) in [7, 11) is 0. The molecule has 1 atom stereocenters. The van der Waals surface area contributed by atoms with Crippen LogP contribution in [0.1, 0.15) is 41.3 Å². The molecule has 1 unspecified atom stereocenters. The molecule has 2 fully saturated rings. The molecule has 2 aliphatic heterocycles. The van der Waals surface area contributed by atoms with Gasteiger partial charge < -0.3 is 30.2 Å². The number of H-pyrrole nitrogens is 1. The minimum absolute atomic E-state index is 0.0314. The number of morpholine rings is 1. The van der Waals surface area contributed by atoms with E-state index in [1.165, 1.54) is 6.07 Å². The molecule has 4 N–H and O–H groups in total. The monoisotopic (exact) mass is 638 g/mol. The summed E-state index contributed by atoms with van der Waals surface area (Å²) in [6.45, 7) is 6.82. The number of aliphatic hydroxyl groups is 1. The van der Waals surface area contributed by atoms with Gasteiger partial charge in [0.1, 0.15) is 23.6 Å². The minimum atomic E-state index is -0.871. The number of likely N-dealkylation sites (tertiary alicyclic amines) is 1. The fraction of sp³-hybridized carbons (Fsp3) is 0.469. The number of piperidine rings is 1. The summed E-state index contributed by atoms with van der Waals surface area (Å²) < 4.78 is 23.1. The second-order valence-corrected chi connectivity index (χ2v) is 13.1. The van der Waals surface area contributed by atoms with Crippen molar-refractivity contribution in [2.45, 2.75) is 51.0 Å². The molecule has 45 heavy (non-hydrogen) atoms. The second-order valence-electron chi connectivity index (χ2n) is 12.1. The van der Waals surface area contributed by atoms with E-state index in [-0.39, 0.29) is 41.0 Å². The summed E-state index contributed by atoms with van der Waals surface area (Å²) in [5, 5.41) is 28.3. The van der Waals surface area contributed by atoms with Gasteiger partial charge in [0.25, 0.3) is 0 Å². The van der Waals surface area contributed by atoms with Crippen molar-refractivity contribution in [1.29, 1.82) is 0 Å². The Balaban J connectivity index is 0.978. The van der Waals surface area contributed by atoms with E-state index in [0.29, 0.717) is 55.0 Å². The predicted molar refractivity (Wildman–Crippen MR) is 169 cm³/mol. The van der Waals surface area contributed by atoms with Crippen LogP contribution in [0.4, 0.5) is 4.39 Å². The summed E-state index contributed by atoms with van der Waals surface area (Å²) in [5.74, 6) is -0.255. The highest BCUT2D eigenvalue weighted by molar-refractivity contribution is 7.16. The van der Waals surface area contributed by atoms with Crippen LogP contribution in [0.15, 0.2) is 47.4 Å². The molecule has 0 aliphatic carbocycles. The number of halogens is 1. The van der Waals surface area contributed by atoms with E-state index in [4.69, 9.17) is 4.74 Å². The molecule has 2 saturated heterocycles. The average molecular weight is 639 g/mol. The van der Waals surface area contributed by atoms with Crippen molar-refractivity contribution in [3.63, 3.8) is 0 Å². The van der Waals surface area contributed by atoms with E-state index < -0.39 is 6.10 Å². The van der Waals surface area contributed by atoms with Crippen molar-refractivity contribution < 1.29 is 24.1 Å². The molecule has 2 aromatic carbocycles. The van der Waals surface area contributed by atoms with Crippen molar-refractivity contribution in [2.75, 3.05) is 45.9 Å². The summed E-state index contributed by atoms with van der Waals surface area (Å²) in [5.41, 5.74) is 3.21. The summed E-state index contributed by atoms with van der Waals surface area (Å²) in [6, 6.07) is 10.1. The number of thiazole rings is 1. The minimum Gasteiger partial charge on any atom is -0.506 e. The number of benzene rings is 2.